The largest absolute Gasteiger partial charge is 0.465 e. The molecule has 0 fully saturated rings. The first-order valence-corrected chi connectivity index (χ1v) is 6.14. The minimum absolute atomic E-state index is 0.134. The van der Waals surface area contributed by atoms with Gasteiger partial charge in [0.15, 0.2) is 0 Å². The molecule has 0 saturated heterocycles. The number of hydrogen-bond acceptors (Lipinski definition) is 6. The van der Waals surface area contributed by atoms with Crippen LogP contribution in [0.3, 0.4) is 0 Å². The minimum atomic E-state index is -0.561. The molecule has 0 unspecified atom stereocenters. The third kappa shape index (κ3) is 3.46. The number of hydrogen-bond donors (Lipinski definition) is 1. The summed E-state index contributed by atoms with van der Waals surface area (Å²) < 4.78 is 4.59. The molecule has 1 aromatic heterocycles. The SMILES string of the molecule is COC(=O)c1ccc(Nc2cc(Cl)ncc2[N+](=O)[O-])cc1. The summed E-state index contributed by atoms with van der Waals surface area (Å²) in [7, 11) is 1.29. The molecule has 0 aliphatic heterocycles. The van der Waals surface area contributed by atoms with Crippen LogP contribution < -0.4 is 5.32 Å². The number of carbonyl (C=O) groups excluding carboxylic acids is 1. The number of nitrogens with zero attached hydrogens (tertiary/aromatic N) is 2. The molecule has 108 valence electrons. The summed E-state index contributed by atoms with van der Waals surface area (Å²) in [4.78, 5) is 25.4. The van der Waals surface area contributed by atoms with E-state index < -0.39 is 10.9 Å². The maximum absolute atomic E-state index is 11.3. The average molecular weight is 308 g/mol. The second-order valence-corrected chi connectivity index (χ2v) is 4.36. The van der Waals surface area contributed by atoms with Gasteiger partial charge in [0, 0.05) is 11.8 Å². The van der Waals surface area contributed by atoms with E-state index >= 15 is 0 Å². The van der Waals surface area contributed by atoms with Crippen LogP contribution in [0.2, 0.25) is 5.15 Å². The molecule has 1 aromatic carbocycles. The number of rotatable bonds is 4. The van der Waals surface area contributed by atoms with Crippen LogP contribution >= 0.6 is 11.6 Å². The van der Waals surface area contributed by atoms with Gasteiger partial charge in [0.2, 0.25) is 0 Å². The van der Waals surface area contributed by atoms with Gasteiger partial charge in [-0.15, -0.1) is 0 Å². The van der Waals surface area contributed by atoms with Crippen molar-refractivity contribution in [2.45, 2.75) is 0 Å². The molecule has 0 saturated carbocycles. The van der Waals surface area contributed by atoms with Gasteiger partial charge >= 0.3 is 11.7 Å². The molecule has 0 aliphatic carbocycles. The van der Waals surface area contributed by atoms with E-state index in [4.69, 9.17) is 11.6 Å². The molecule has 0 aliphatic rings. The smallest absolute Gasteiger partial charge is 0.337 e. The Morgan fingerprint density at radius 3 is 2.62 bits per heavy atom. The maximum atomic E-state index is 11.3. The molecule has 1 heterocycles. The number of halogens is 1. The van der Waals surface area contributed by atoms with Gasteiger partial charge in [-0.2, -0.15) is 0 Å². The van der Waals surface area contributed by atoms with E-state index in [0.29, 0.717) is 11.3 Å². The fraction of sp³-hybridized carbons (Fsp3) is 0.0769. The quantitative estimate of drug-likeness (QED) is 0.403. The number of anilines is 2. The molecule has 0 spiro atoms. The highest BCUT2D eigenvalue weighted by Crippen LogP contribution is 2.28. The van der Waals surface area contributed by atoms with E-state index in [9.17, 15) is 14.9 Å². The van der Waals surface area contributed by atoms with E-state index in [1.807, 2.05) is 0 Å². The number of nitro groups is 1. The summed E-state index contributed by atoms with van der Waals surface area (Å²) in [6.45, 7) is 0. The van der Waals surface area contributed by atoms with Gasteiger partial charge in [-0.05, 0) is 24.3 Å². The van der Waals surface area contributed by atoms with Crippen LogP contribution in [-0.4, -0.2) is 23.0 Å². The lowest BCUT2D eigenvalue weighted by atomic mass is 10.2. The molecule has 7 nitrogen and oxygen atoms in total. The van der Waals surface area contributed by atoms with Crippen molar-refractivity contribution in [1.29, 1.82) is 0 Å². The highest BCUT2D eigenvalue weighted by molar-refractivity contribution is 6.29. The summed E-state index contributed by atoms with van der Waals surface area (Å²) >= 11 is 5.74. The Hall–Kier alpha value is -2.67. The molecule has 2 rings (SSSR count). The van der Waals surface area contributed by atoms with Gasteiger partial charge in [0.25, 0.3) is 0 Å². The van der Waals surface area contributed by atoms with Gasteiger partial charge in [0.05, 0.1) is 17.6 Å². The van der Waals surface area contributed by atoms with Crippen LogP contribution in [0, 0.1) is 10.1 Å². The number of aromatic nitrogens is 1. The van der Waals surface area contributed by atoms with E-state index in [-0.39, 0.29) is 16.5 Å². The number of carbonyl (C=O) groups is 1. The Morgan fingerprint density at radius 1 is 1.38 bits per heavy atom. The summed E-state index contributed by atoms with van der Waals surface area (Å²) in [6.07, 6.45) is 1.08. The minimum Gasteiger partial charge on any atom is -0.465 e. The number of benzene rings is 1. The summed E-state index contributed by atoms with van der Waals surface area (Å²) in [5.74, 6) is -0.459. The highest BCUT2D eigenvalue weighted by atomic mass is 35.5. The lowest BCUT2D eigenvalue weighted by Gasteiger charge is -2.07. The highest BCUT2D eigenvalue weighted by Gasteiger charge is 2.15. The Morgan fingerprint density at radius 2 is 2.05 bits per heavy atom. The number of ether oxygens (including phenoxy) is 1. The first kappa shape index (κ1) is 14.7. The molecule has 8 heteroatoms. The Kier molecular flexibility index (Phi) is 4.34. The standard InChI is InChI=1S/C13H10ClN3O4/c1-21-13(18)8-2-4-9(5-3-8)16-10-6-12(14)15-7-11(10)17(19)20/h2-7H,1H3,(H,15,16). The summed E-state index contributed by atoms with van der Waals surface area (Å²) in [5, 5.41) is 13.9. The number of methoxy groups -OCH3 is 1. The van der Waals surface area contributed by atoms with Gasteiger partial charge in [-0.3, -0.25) is 10.1 Å². The van der Waals surface area contributed by atoms with E-state index in [1.165, 1.54) is 13.2 Å². The maximum Gasteiger partial charge on any atom is 0.337 e. The predicted octanol–water partition coefficient (Wildman–Crippen LogP) is 3.17. The lowest BCUT2D eigenvalue weighted by molar-refractivity contribution is -0.384. The van der Waals surface area contributed by atoms with Crippen molar-refractivity contribution in [2.24, 2.45) is 0 Å². The Bertz CT molecular complexity index is 688. The second kappa shape index (κ2) is 6.19. The lowest BCUT2D eigenvalue weighted by Crippen LogP contribution is -2.01. The fourth-order valence-electron chi connectivity index (χ4n) is 1.63. The fourth-order valence-corrected chi connectivity index (χ4v) is 1.79. The third-order valence-corrected chi connectivity index (χ3v) is 2.84. The van der Waals surface area contributed by atoms with Crippen LogP contribution in [0.4, 0.5) is 17.1 Å². The predicted molar refractivity (Wildman–Crippen MR) is 77.0 cm³/mol. The van der Waals surface area contributed by atoms with Crippen LogP contribution in [0.1, 0.15) is 10.4 Å². The molecule has 2 aromatic rings. The van der Waals surface area contributed by atoms with Crippen LogP contribution in [-0.2, 0) is 4.74 Å². The third-order valence-electron chi connectivity index (χ3n) is 2.63. The molecule has 21 heavy (non-hydrogen) atoms. The van der Waals surface area contributed by atoms with Crippen molar-refractivity contribution >= 4 is 34.6 Å². The molecular formula is C13H10ClN3O4. The Labute approximate surface area is 124 Å². The van der Waals surface area contributed by atoms with Crippen LogP contribution in [0.25, 0.3) is 0 Å². The Balaban J connectivity index is 2.28. The zero-order valence-electron chi connectivity index (χ0n) is 10.9. The van der Waals surface area contributed by atoms with Gasteiger partial charge in [-0.1, -0.05) is 11.6 Å². The van der Waals surface area contributed by atoms with Gasteiger partial charge < -0.3 is 10.1 Å². The summed E-state index contributed by atoms with van der Waals surface area (Å²) in [6, 6.07) is 7.65. The van der Waals surface area contributed by atoms with E-state index in [0.717, 1.165) is 6.20 Å². The number of nitrogens with one attached hydrogen (secondary N) is 1. The number of esters is 1. The van der Waals surface area contributed by atoms with Crippen LogP contribution in [0.5, 0.6) is 0 Å². The molecule has 0 atom stereocenters. The molecular weight excluding hydrogens is 298 g/mol. The zero-order valence-corrected chi connectivity index (χ0v) is 11.6. The molecule has 0 radical (unpaired) electrons. The van der Waals surface area contributed by atoms with Crippen molar-refractivity contribution in [3.05, 3.63) is 57.4 Å². The van der Waals surface area contributed by atoms with E-state index in [2.05, 4.69) is 15.0 Å². The zero-order chi connectivity index (χ0) is 15.4. The van der Waals surface area contributed by atoms with E-state index in [1.54, 1.807) is 24.3 Å². The summed E-state index contributed by atoms with van der Waals surface area (Å²) in [5.41, 5.74) is 0.959. The second-order valence-electron chi connectivity index (χ2n) is 3.98. The average Bonchev–Trinajstić information content (AvgIpc) is 2.47. The van der Waals surface area contributed by atoms with Gasteiger partial charge in [-0.25, -0.2) is 9.78 Å². The van der Waals surface area contributed by atoms with Crippen molar-refractivity contribution < 1.29 is 14.5 Å². The van der Waals surface area contributed by atoms with Crippen molar-refractivity contribution in [1.82, 2.24) is 4.98 Å². The van der Waals surface area contributed by atoms with Gasteiger partial charge in [0.1, 0.15) is 17.0 Å². The van der Waals surface area contributed by atoms with Crippen LogP contribution in [0.15, 0.2) is 36.5 Å². The number of pyridine rings is 1. The van der Waals surface area contributed by atoms with Crippen molar-refractivity contribution in [2.75, 3.05) is 12.4 Å². The topological polar surface area (TPSA) is 94.4 Å². The molecule has 1 N–H and O–H groups in total. The normalized spacial score (nSPS) is 10.0. The first-order chi connectivity index (χ1) is 10.0. The first-order valence-electron chi connectivity index (χ1n) is 5.76. The molecule has 0 bridgehead atoms. The monoisotopic (exact) mass is 307 g/mol. The molecule has 0 amide bonds. The van der Waals surface area contributed by atoms with Crippen molar-refractivity contribution in [3.8, 4) is 0 Å². The van der Waals surface area contributed by atoms with Crippen molar-refractivity contribution in [3.63, 3.8) is 0 Å².